The van der Waals surface area contributed by atoms with Gasteiger partial charge in [-0.15, -0.1) is 0 Å². The maximum atomic E-state index is 4.00. The van der Waals surface area contributed by atoms with Gasteiger partial charge in [-0.05, 0) is 18.2 Å². The summed E-state index contributed by atoms with van der Waals surface area (Å²) in [6.07, 6.45) is 7.52. The molecule has 0 bridgehead atoms. The van der Waals surface area contributed by atoms with Gasteiger partial charge in [0.25, 0.3) is 0 Å². The van der Waals surface area contributed by atoms with Crippen molar-refractivity contribution in [2.24, 2.45) is 0 Å². The molecule has 54 valence electrons. The molecule has 0 atom stereocenters. The lowest BCUT2D eigenvalue weighted by atomic mass is 10.1. The average Bonchev–Trinajstić information content (AvgIpc) is 2.04. The van der Waals surface area contributed by atoms with Crippen molar-refractivity contribution >= 4 is 11.8 Å². The number of pyridine rings is 1. The van der Waals surface area contributed by atoms with Gasteiger partial charge in [-0.25, -0.2) is 0 Å². The number of fused-ring (bicyclic) bond motifs is 1. The summed E-state index contributed by atoms with van der Waals surface area (Å²) in [5.74, 6) is 0. The van der Waals surface area contributed by atoms with Crippen LogP contribution < -0.4 is 5.32 Å². The number of hydrogen-bond acceptors (Lipinski definition) is 2. The molecular formula is C9H8N2. The van der Waals surface area contributed by atoms with Gasteiger partial charge >= 0.3 is 0 Å². The van der Waals surface area contributed by atoms with Crippen molar-refractivity contribution in [2.45, 2.75) is 0 Å². The van der Waals surface area contributed by atoms with E-state index >= 15 is 0 Å². The highest BCUT2D eigenvalue weighted by molar-refractivity contribution is 5.73. The molecule has 0 saturated carbocycles. The molecule has 0 radical (unpaired) electrons. The zero-order valence-corrected chi connectivity index (χ0v) is 6.04. The van der Waals surface area contributed by atoms with Crippen LogP contribution in [-0.2, 0) is 0 Å². The standard InChI is InChI=1S/C9H8N2/c1-7-2-3-8-6-10-5-4-9(8)11-7/h2-6,11H,1H2. The second-order valence-corrected chi connectivity index (χ2v) is 2.45. The number of nitrogens with zero attached hydrogens (tertiary/aromatic N) is 1. The highest BCUT2D eigenvalue weighted by Crippen LogP contribution is 2.21. The molecule has 1 aliphatic rings. The number of anilines is 1. The van der Waals surface area contributed by atoms with Gasteiger partial charge in [0.1, 0.15) is 0 Å². The van der Waals surface area contributed by atoms with E-state index in [-0.39, 0.29) is 0 Å². The van der Waals surface area contributed by atoms with Gasteiger partial charge in [-0.1, -0.05) is 6.58 Å². The van der Waals surface area contributed by atoms with Crippen LogP contribution in [0.15, 0.2) is 36.8 Å². The van der Waals surface area contributed by atoms with Gasteiger partial charge in [-0.3, -0.25) is 4.98 Å². The number of allylic oxidation sites excluding steroid dienone is 1. The highest BCUT2D eigenvalue weighted by Gasteiger charge is 2.02. The largest absolute Gasteiger partial charge is 0.355 e. The predicted molar refractivity (Wildman–Crippen MR) is 46.0 cm³/mol. The summed E-state index contributed by atoms with van der Waals surface area (Å²) < 4.78 is 0. The first-order valence-electron chi connectivity index (χ1n) is 3.44. The lowest BCUT2D eigenvalue weighted by molar-refractivity contribution is 1.30. The van der Waals surface area contributed by atoms with Crippen molar-refractivity contribution in [2.75, 3.05) is 5.32 Å². The molecule has 0 fully saturated rings. The van der Waals surface area contributed by atoms with Gasteiger partial charge < -0.3 is 5.32 Å². The lowest BCUT2D eigenvalue weighted by Gasteiger charge is -2.12. The first-order valence-corrected chi connectivity index (χ1v) is 3.44. The number of hydrogen-bond donors (Lipinski definition) is 1. The molecule has 0 spiro atoms. The monoisotopic (exact) mass is 144 g/mol. The normalized spacial score (nSPS) is 14.0. The minimum absolute atomic E-state index is 0.920. The van der Waals surface area contributed by atoms with Gasteiger partial charge in [0, 0.05) is 29.3 Å². The second-order valence-electron chi connectivity index (χ2n) is 2.45. The third-order valence-corrected chi connectivity index (χ3v) is 1.61. The van der Waals surface area contributed by atoms with Crippen LogP contribution in [0.5, 0.6) is 0 Å². The Hall–Kier alpha value is -1.57. The Balaban J connectivity index is 2.54. The summed E-state index contributed by atoms with van der Waals surface area (Å²) in [5, 5.41) is 3.14. The molecule has 2 rings (SSSR count). The highest BCUT2D eigenvalue weighted by atomic mass is 14.9. The smallest absolute Gasteiger partial charge is 0.0488 e. The average molecular weight is 144 g/mol. The van der Waals surface area contributed by atoms with Crippen molar-refractivity contribution in [3.8, 4) is 0 Å². The molecular weight excluding hydrogens is 136 g/mol. The summed E-state index contributed by atoms with van der Waals surface area (Å²) in [7, 11) is 0. The molecule has 2 heterocycles. The van der Waals surface area contributed by atoms with E-state index in [1.165, 1.54) is 0 Å². The molecule has 1 aromatic rings. The van der Waals surface area contributed by atoms with Crippen molar-refractivity contribution in [3.05, 3.63) is 42.4 Å². The SMILES string of the molecule is C=C1C=Cc2cnccc2N1. The number of rotatable bonds is 0. The van der Waals surface area contributed by atoms with Crippen molar-refractivity contribution in [3.63, 3.8) is 0 Å². The van der Waals surface area contributed by atoms with Crippen LogP contribution in [0.3, 0.4) is 0 Å². The molecule has 2 heteroatoms. The number of aromatic nitrogens is 1. The zero-order chi connectivity index (χ0) is 7.68. The minimum Gasteiger partial charge on any atom is -0.355 e. The van der Waals surface area contributed by atoms with E-state index in [4.69, 9.17) is 0 Å². The molecule has 1 N–H and O–H groups in total. The fourth-order valence-corrected chi connectivity index (χ4v) is 1.06. The Bertz CT molecular complexity index is 326. The summed E-state index contributed by atoms with van der Waals surface area (Å²) in [6.45, 7) is 3.79. The van der Waals surface area contributed by atoms with Crippen LogP contribution in [-0.4, -0.2) is 4.98 Å². The molecule has 1 aromatic heterocycles. The van der Waals surface area contributed by atoms with Gasteiger partial charge in [0.05, 0.1) is 0 Å². The van der Waals surface area contributed by atoms with Crippen molar-refractivity contribution < 1.29 is 0 Å². The van der Waals surface area contributed by atoms with Crippen LogP contribution in [0.2, 0.25) is 0 Å². The van der Waals surface area contributed by atoms with Crippen LogP contribution in [0.4, 0.5) is 5.69 Å². The van der Waals surface area contributed by atoms with Gasteiger partial charge in [-0.2, -0.15) is 0 Å². The molecule has 0 aromatic carbocycles. The van der Waals surface area contributed by atoms with Gasteiger partial charge in [0.2, 0.25) is 0 Å². The van der Waals surface area contributed by atoms with E-state index in [1.807, 2.05) is 24.4 Å². The Morgan fingerprint density at radius 2 is 2.27 bits per heavy atom. The fraction of sp³-hybridized carbons (Fsp3) is 0. The molecule has 0 saturated heterocycles. The van der Waals surface area contributed by atoms with E-state index in [0.717, 1.165) is 16.9 Å². The molecule has 0 aliphatic carbocycles. The van der Waals surface area contributed by atoms with Crippen molar-refractivity contribution in [1.29, 1.82) is 0 Å². The maximum absolute atomic E-state index is 4.00. The van der Waals surface area contributed by atoms with E-state index in [9.17, 15) is 0 Å². The quantitative estimate of drug-likeness (QED) is 0.602. The summed E-state index contributed by atoms with van der Waals surface area (Å²) in [5.41, 5.74) is 3.11. The molecule has 1 aliphatic heterocycles. The van der Waals surface area contributed by atoms with E-state index in [2.05, 4.69) is 16.9 Å². The Morgan fingerprint density at radius 1 is 1.36 bits per heavy atom. The van der Waals surface area contributed by atoms with Crippen LogP contribution >= 0.6 is 0 Å². The molecule has 11 heavy (non-hydrogen) atoms. The summed E-state index contributed by atoms with van der Waals surface area (Å²) in [4.78, 5) is 4.00. The van der Waals surface area contributed by atoms with Crippen molar-refractivity contribution in [1.82, 2.24) is 4.98 Å². The topological polar surface area (TPSA) is 24.9 Å². The Kier molecular flexibility index (Phi) is 1.25. The zero-order valence-electron chi connectivity index (χ0n) is 6.04. The first-order chi connectivity index (χ1) is 5.36. The minimum atomic E-state index is 0.920. The van der Waals surface area contributed by atoms with Crippen LogP contribution in [0, 0.1) is 0 Å². The third kappa shape index (κ3) is 1.03. The summed E-state index contributed by atoms with van der Waals surface area (Å²) in [6, 6.07) is 1.93. The number of nitrogens with one attached hydrogen (secondary N) is 1. The van der Waals surface area contributed by atoms with Crippen LogP contribution in [0.1, 0.15) is 5.56 Å². The molecule has 0 amide bonds. The van der Waals surface area contributed by atoms with E-state index < -0.39 is 0 Å². The molecule has 0 unspecified atom stereocenters. The maximum Gasteiger partial charge on any atom is 0.0488 e. The third-order valence-electron chi connectivity index (χ3n) is 1.61. The fourth-order valence-electron chi connectivity index (χ4n) is 1.06. The summed E-state index contributed by atoms with van der Waals surface area (Å²) >= 11 is 0. The first kappa shape index (κ1) is 6.16. The van der Waals surface area contributed by atoms with E-state index in [0.29, 0.717) is 0 Å². The predicted octanol–water partition coefficient (Wildman–Crippen LogP) is 2.03. The Morgan fingerprint density at radius 3 is 3.18 bits per heavy atom. The molecule has 2 nitrogen and oxygen atoms in total. The van der Waals surface area contributed by atoms with Gasteiger partial charge in [0.15, 0.2) is 0 Å². The Labute approximate surface area is 65.3 Å². The van der Waals surface area contributed by atoms with E-state index in [1.54, 1.807) is 6.20 Å². The second kappa shape index (κ2) is 2.23. The lowest BCUT2D eigenvalue weighted by Crippen LogP contribution is -2.01. The van der Waals surface area contributed by atoms with Crippen LogP contribution in [0.25, 0.3) is 6.08 Å².